The van der Waals surface area contributed by atoms with Gasteiger partial charge < -0.3 is 30.6 Å². The van der Waals surface area contributed by atoms with Crippen molar-refractivity contribution in [2.45, 2.75) is 85.5 Å². The molecule has 0 spiro atoms. The number of hydrogen-bond acceptors (Lipinski definition) is 8. The summed E-state index contributed by atoms with van der Waals surface area (Å²) >= 11 is 0. The summed E-state index contributed by atoms with van der Waals surface area (Å²) in [6.07, 6.45) is 7.97. The molecule has 0 heterocycles. The Hall–Kier alpha value is -8.88. The van der Waals surface area contributed by atoms with Crippen LogP contribution in [0.1, 0.15) is 140 Å². The van der Waals surface area contributed by atoms with E-state index in [1.54, 1.807) is 121 Å². The lowest BCUT2D eigenvalue weighted by Gasteiger charge is -2.26. The van der Waals surface area contributed by atoms with E-state index in [1.165, 1.54) is 22.3 Å². The second-order valence-electron chi connectivity index (χ2n) is 18.2. The number of rotatable bonds is 16. The summed E-state index contributed by atoms with van der Waals surface area (Å²) < 4.78 is 0. The van der Waals surface area contributed by atoms with Crippen molar-refractivity contribution in [3.05, 3.63) is 263 Å². The summed E-state index contributed by atoms with van der Waals surface area (Å²) in [4.78, 5) is 23.6. The Morgan fingerprint density at radius 1 is 0.338 bits per heavy atom. The van der Waals surface area contributed by atoms with Crippen LogP contribution in [0.2, 0.25) is 0 Å². The molecule has 8 nitrogen and oxygen atoms in total. The molecule has 0 aliphatic carbocycles. The first-order valence-corrected chi connectivity index (χ1v) is 26.2. The zero-order valence-corrected chi connectivity index (χ0v) is 45.0. The average Bonchev–Trinajstić information content (AvgIpc) is 3.46. The first kappa shape index (κ1) is 59.0. The first-order valence-electron chi connectivity index (χ1n) is 26.2. The molecular weight excluding hydrogens is 957 g/mol. The standard InChI is InChI=1S/C18H22O2.C18H20O2.C18H18O2.C15H12O2/c3*1-3-17(13-5-9-15(19)10-6-13)18(4-2)14-7-11-16(20)12-8-14;16-14(12-7-3-1-4-8-12)11-15(17)13-9-5-2-6-10-13/h5-12,17-20H,3-4H2,1-2H3;5-12,19-20H,3-4H2,1-2H3;3-12,19-20H,1-2H3;1-10H,11H2/b;18-17+;17-3+,18-4+;/t17-,18+;;;. The van der Waals surface area contributed by atoms with Crippen LogP contribution in [0.25, 0.3) is 22.3 Å². The predicted molar refractivity (Wildman–Crippen MR) is 316 cm³/mol. The Kier molecular flexibility index (Phi) is 23.4. The number of hydrogen-bond donors (Lipinski definition) is 6. The average molecular weight is 1030 g/mol. The van der Waals surface area contributed by atoms with Crippen LogP contribution < -0.4 is 0 Å². The van der Waals surface area contributed by atoms with Crippen molar-refractivity contribution < 1.29 is 40.2 Å². The summed E-state index contributed by atoms with van der Waals surface area (Å²) in [5.41, 5.74) is 12.8. The van der Waals surface area contributed by atoms with Crippen LogP contribution in [0.3, 0.4) is 0 Å². The predicted octanol–water partition coefficient (Wildman–Crippen LogP) is 17.4. The van der Waals surface area contributed by atoms with Crippen LogP contribution in [0.4, 0.5) is 0 Å². The third-order valence-corrected chi connectivity index (χ3v) is 13.2. The van der Waals surface area contributed by atoms with Gasteiger partial charge in [0.1, 0.15) is 34.5 Å². The SMILES string of the molecule is C/C=C(/C(=C/C)c1ccc(O)cc1)c1ccc(O)cc1.CC/C(=C(/CC)c1ccc(O)cc1)c1ccc(O)cc1.CC[C@H](c1ccc(O)cc1)[C@@H](CC)c1ccc(O)cc1.O=C(CC(=O)c1ccccc1)c1ccccc1. The van der Waals surface area contributed by atoms with Gasteiger partial charge in [-0.3, -0.25) is 9.59 Å². The van der Waals surface area contributed by atoms with Gasteiger partial charge in [0.05, 0.1) is 6.42 Å². The van der Waals surface area contributed by atoms with E-state index in [2.05, 4.69) is 39.8 Å². The van der Waals surface area contributed by atoms with Crippen molar-refractivity contribution in [1.29, 1.82) is 0 Å². The van der Waals surface area contributed by atoms with Gasteiger partial charge in [0, 0.05) is 11.1 Å². The fraction of sp³-hybridized carbons (Fsp3) is 0.188. The fourth-order valence-corrected chi connectivity index (χ4v) is 9.29. The molecule has 2 atom stereocenters. The Morgan fingerprint density at radius 3 is 0.818 bits per heavy atom. The summed E-state index contributed by atoms with van der Waals surface area (Å²) in [5, 5.41) is 56.5. The highest BCUT2D eigenvalue weighted by atomic mass is 16.3. The van der Waals surface area contributed by atoms with Gasteiger partial charge in [-0.25, -0.2) is 0 Å². The number of ketones is 2. The van der Waals surface area contributed by atoms with E-state index in [1.807, 2.05) is 98.8 Å². The van der Waals surface area contributed by atoms with Crippen molar-refractivity contribution in [2.24, 2.45) is 0 Å². The number of aromatic hydroxyl groups is 6. The molecule has 0 bridgehead atoms. The minimum atomic E-state index is -0.139. The maximum atomic E-state index is 11.8. The molecule has 0 aliphatic heterocycles. The summed E-state index contributed by atoms with van der Waals surface area (Å²) in [6.45, 7) is 12.6. The number of phenols is 6. The molecule has 8 rings (SSSR count). The van der Waals surface area contributed by atoms with Gasteiger partial charge in [0.2, 0.25) is 0 Å². The summed E-state index contributed by atoms with van der Waals surface area (Å²) in [5.74, 6) is 2.27. The third-order valence-electron chi connectivity index (χ3n) is 13.2. The maximum Gasteiger partial charge on any atom is 0.170 e. The van der Waals surface area contributed by atoms with Gasteiger partial charge in [-0.15, -0.1) is 0 Å². The van der Waals surface area contributed by atoms with Gasteiger partial charge in [0.25, 0.3) is 0 Å². The molecule has 8 heteroatoms. The maximum absolute atomic E-state index is 11.8. The number of benzene rings is 8. The van der Waals surface area contributed by atoms with Crippen LogP contribution in [-0.4, -0.2) is 42.2 Å². The van der Waals surface area contributed by atoms with E-state index in [9.17, 15) is 40.2 Å². The van der Waals surface area contributed by atoms with Gasteiger partial charge in [0.15, 0.2) is 11.6 Å². The summed E-state index contributed by atoms with van der Waals surface area (Å²) in [7, 11) is 0. The van der Waals surface area contributed by atoms with Crippen molar-refractivity contribution in [2.75, 3.05) is 0 Å². The lowest BCUT2D eigenvalue weighted by molar-refractivity contribution is 0.0894. The molecule has 396 valence electrons. The minimum Gasteiger partial charge on any atom is -0.508 e. The molecule has 0 saturated carbocycles. The summed E-state index contributed by atoms with van der Waals surface area (Å²) in [6, 6.07) is 61.8. The van der Waals surface area contributed by atoms with Crippen molar-refractivity contribution in [1.82, 2.24) is 0 Å². The van der Waals surface area contributed by atoms with Gasteiger partial charge >= 0.3 is 0 Å². The molecule has 0 aliphatic rings. The lowest BCUT2D eigenvalue weighted by atomic mass is 9.78. The Bertz CT molecular complexity index is 2920. The quantitative estimate of drug-likeness (QED) is 0.0242. The third kappa shape index (κ3) is 17.6. The molecule has 77 heavy (non-hydrogen) atoms. The highest BCUT2D eigenvalue weighted by Crippen LogP contribution is 2.39. The number of carbonyl (C=O) groups is 2. The van der Waals surface area contributed by atoms with Crippen molar-refractivity contribution in [3.63, 3.8) is 0 Å². The Morgan fingerprint density at radius 2 is 0.584 bits per heavy atom. The number of carbonyl (C=O) groups excluding carboxylic acids is 2. The molecule has 0 aromatic heterocycles. The molecule has 0 amide bonds. The zero-order chi connectivity index (χ0) is 55.7. The van der Waals surface area contributed by atoms with E-state index >= 15 is 0 Å². The van der Waals surface area contributed by atoms with Crippen LogP contribution in [0.15, 0.2) is 218 Å². The van der Waals surface area contributed by atoms with Crippen LogP contribution in [-0.2, 0) is 0 Å². The number of allylic oxidation sites excluding steroid dienone is 6. The smallest absolute Gasteiger partial charge is 0.170 e. The van der Waals surface area contributed by atoms with E-state index in [4.69, 9.17) is 0 Å². The molecule has 8 aromatic rings. The first-order chi connectivity index (χ1) is 37.2. The van der Waals surface area contributed by atoms with Crippen LogP contribution in [0.5, 0.6) is 34.5 Å². The second-order valence-corrected chi connectivity index (χ2v) is 18.2. The highest BCUT2D eigenvalue weighted by molar-refractivity contribution is 6.13. The lowest BCUT2D eigenvalue weighted by Crippen LogP contribution is -2.10. The molecule has 0 unspecified atom stereocenters. The molecule has 0 fully saturated rings. The fourth-order valence-electron chi connectivity index (χ4n) is 9.29. The molecule has 6 N–H and O–H groups in total. The van der Waals surface area contributed by atoms with Crippen LogP contribution in [0, 0.1) is 0 Å². The van der Waals surface area contributed by atoms with Gasteiger partial charge in [-0.2, -0.15) is 0 Å². The van der Waals surface area contributed by atoms with E-state index in [-0.39, 0.29) is 41.0 Å². The van der Waals surface area contributed by atoms with Crippen LogP contribution >= 0.6 is 0 Å². The van der Waals surface area contributed by atoms with Gasteiger partial charge in [-0.1, -0.05) is 173 Å². The topological polar surface area (TPSA) is 156 Å². The Labute approximate surface area is 455 Å². The van der Waals surface area contributed by atoms with Crippen molar-refractivity contribution in [3.8, 4) is 34.5 Å². The zero-order valence-electron chi connectivity index (χ0n) is 45.0. The number of Topliss-reactive ketones (excluding diaryl/α,β-unsaturated/α-hetero) is 2. The molecule has 0 saturated heterocycles. The monoisotopic (exact) mass is 1030 g/mol. The molecule has 0 radical (unpaired) electrons. The number of phenolic OH excluding ortho intramolecular Hbond substituents is 6. The van der Waals surface area contributed by atoms with Gasteiger partial charge in [-0.05, 0) is 180 Å². The molecule has 8 aromatic carbocycles. The largest absolute Gasteiger partial charge is 0.508 e. The van der Waals surface area contributed by atoms with E-state index in [0.717, 1.165) is 59.1 Å². The highest BCUT2D eigenvalue weighted by Gasteiger charge is 2.22. The molecular formula is C69H72O8. The Balaban J connectivity index is 0.000000190. The minimum absolute atomic E-state index is 0.0754. The normalized spacial score (nSPS) is 12.2. The second kappa shape index (κ2) is 30.5. The van der Waals surface area contributed by atoms with E-state index < -0.39 is 0 Å². The van der Waals surface area contributed by atoms with E-state index in [0.29, 0.717) is 34.5 Å². The van der Waals surface area contributed by atoms with Crippen molar-refractivity contribution >= 4 is 33.9 Å².